The largest absolute Gasteiger partial charge is 0.378 e. The monoisotopic (exact) mass is 815 g/mol. The number of benzene rings is 2. The molecular weight excluding hydrogens is 776 g/mol. The first-order valence-electron chi connectivity index (χ1n) is 18.8. The van der Waals surface area contributed by atoms with Crippen molar-refractivity contribution >= 4 is 55.4 Å². The predicted molar refractivity (Wildman–Crippen MR) is 211 cm³/mol. The first-order valence-corrected chi connectivity index (χ1v) is 20.9. The average molecular weight is 816 g/mol. The SMILES string of the molecule is CO[C@@H]1CN(C)C(=O)[C@@H]2C[C@@H](CN2c2nc(N3CC(CS(C)(=O)=O)C3)nc3c2cnn3-c2ccc(F)cc2F)Nc2cccc(n2)-c2cc(F)cc3nc(C)n(c23)C1. The fraction of sp³-hybridized carbons (Fsp3) is 0.385. The lowest BCUT2D eigenvalue weighted by Crippen LogP contribution is -2.50. The molecule has 58 heavy (non-hydrogen) atoms. The van der Waals surface area contributed by atoms with Crippen molar-refractivity contribution in [3.05, 3.63) is 78.0 Å². The molecule has 0 spiro atoms. The molecule has 0 unspecified atom stereocenters. The van der Waals surface area contributed by atoms with E-state index in [1.54, 1.807) is 19.1 Å². The van der Waals surface area contributed by atoms with Gasteiger partial charge in [0, 0.05) is 76.2 Å². The van der Waals surface area contributed by atoms with Crippen LogP contribution in [0.1, 0.15) is 12.2 Å². The lowest BCUT2D eigenvalue weighted by molar-refractivity contribution is -0.132. The Morgan fingerprint density at radius 3 is 2.52 bits per heavy atom. The number of carbonyl (C=O) groups excluding carboxylic acids is 1. The fourth-order valence-corrected chi connectivity index (χ4v) is 9.52. The lowest BCUT2D eigenvalue weighted by Gasteiger charge is -2.39. The van der Waals surface area contributed by atoms with E-state index in [2.05, 4.69) is 15.4 Å². The topological polar surface area (TPSA) is 156 Å². The van der Waals surface area contributed by atoms with E-state index in [0.717, 1.165) is 12.1 Å². The summed E-state index contributed by atoms with van der Waals surface area (Å²) >= 11 is 0. The number of nitrogens with one attached hydrogen (secondary N) is 1. The molecule has 2 fully saturated rings. The fourth-order valence-electron chi connectivity index (χ4n) is 8.45. The van der Waals surface area contributed by atoms with E-state index < -0.39 is 39.4 Å². The van der Waals surface area contributed by atoms with Gasteiger partial charge in [0.15, 0.2) is 11.5 Å². The lowest BCUT2D eigenvalue weighted by atomic mass is 10.0. The predicted octanol–water partition coefficient (Wildman–Crippen LogP) is 3.98. The smallest absolute Gasteiger partial charge is 0.245 e. The van der Waals surface area contributed by atoms with Crippen LogP contribution in [0.4, 0.5) is 30.8 Å². The summed E-state index contributed by atoms with van der Waals surface area (Å²) in [5.74, 6) is -0.622. The Labute approximate surface area is 331 Å². The third kappa shape index (κ3) is 6.84. The minimum absolute atomic E-state index is 0.00320. The van der Waals surface area contributed by atoms with E-state index in [1.807, 2.05) is 39.5 Å². The Hall–Kier alpha value is -5.82. The number of carbonyl (C=O) groups is 1. The molecule has 0 radical (unpaired) electrons. The van der Waals surface area contributed by atoms with Gasteiger partial charge in [0.1, 0.15) is 50.7 Å². The number of hydrogen-bond acceptors (Lipinski definition) is 12. The number of methoxy groups -OCH3 is 1. The second-order valence-electron chi connectivity index (χ2n) is 15.4. The number of imidazole rings is 1. The third-order valence-corrected chi connectivity index (χ3v) is 12.2. The van der Waals surface area contributed by atoms with Crippen LogP contribution in [0.15, 0.2) is 54.7 Å². The number of hydrogen-bond donors (Lipinski definition) is 1. The number of ether oxygens (including phenoxy) is 1. The standard InChI is InChI=1S/C39H40F3N11O4S/c1-21-44-31-12-24(41)10-27-30-6-5-7-34(46-30)45-25-13-33(38(54)49(2)18-26(57-3)19-51(21)35(27)31)52(17-25)36-28-14-43-53(32-9-8-23(40)11-29(32)42)37(28)48-39(47-36)50-15-22(16-50)20-58(4,55)56/h5-12,14,22,25-26,33H,13,15-20H2,1-4H3,(H,45,46)/t25-,26+,33-/m0/s1. The van der Waals surface area contributed by atoms with Crippen molar-refractivity contribution in [2.24, 2.45) is 5.92 Å². The van der Waals surface area contributed by atoms with Crippen LogP contribution in [0.5, 0.6) is 0 Å². The second kappa shape index (κ2) is 14.2. The molecule has 3 aliphatic rings. The summed E-state index contributed by atoms with van der Waals surface area (Å²) in [4.78, 5) is 39.4. The van der Waals surface area contributed by atoms with Crippen molar-refractivity contribution in [3.8, 4) is 16.9 Å². The van der Waals surface area contributed by atoms with Gasteiger partial charge in [0.05, 0.1) is 46.7 Å². The quantitative estimate of drug-likeness (QED) is 0.259. The Morgan fingerprint density at radius 1 is 0.948 bits per heavy atom. The van der Waals surface area contributed by atoms with Crippen LogP contribution < -0.4 is 15.1 Å². The summed E-state index contributed by atoms with van der Waals surface area (Å²) in [6.45, 7) is 3.37. The van der Waals surface area contributed by atoms with Crippen molar-refractivity contribution in [1.82, 2.24) is 39.2 Å². The Kier molecular flexibility index (Phi) is 9.26. The van der Waals surface area contributed by atoms with Gasteiger partial charge in [-0.05, 0) is 43.7 Å². The summed E-state index contributed by atoms with van der Waals surface area (Å²) in [6.07, 6.45) is 2.54. The van der Waals surface area contributed by atoms with E-state index >= 15 is 8.78 Å². The van der Waals surface area contributed by atoms with Crippen LogP contribution in [0.25, 0.3) is 39.0 Å². The highest BCUT2D eigenvalue weighted by Gasteiger charge is 2.42. The van der Waals surface area contributed by atoms with E-state index in [0.29, 0.717) is 71.2 Å². The number of halogens is 3. The van der Waals surface area contributed by atoms with Crippen LogP contribution in [-0.4, -0.2) is 124 Å². The first kappa shape index (κ1) is 37.7. The number of anilines is 3. The maximum absolute atomic E-state index is 15.3. The van der Waals surface area contributed by atoms with Gasteiger partial charge >= 0.3 is 0 Å². The van der Waals surface area contributed by atoms with Crippen molar-refractivity contribution in [3.63, 3.8) is 0 Å². The average Bonchev–Trinajstić information content (AvgIpc) is 3.86. The molecule has 0 saturated carbocycles. The Bertz CT molecular complexity index is 2720. The molecule has 1 amide bonds. The number of nitrogens with zero attached hydrogens (tertiary/aromatic N) is 10. The molecule has 2 saturated heterocycles. The van der Waals surface area contributed by atoms with Gasteiger partial charge < -0.3 is 29.3 Å². The van der Waals surface area contributed by atoms with Gasteiger partial charge in [0.2, 0.25) is 11.9 Å². The van der Waals surface area contributed by atoms with Gasteiger partial charge in [-0.25, -0.2) is 36.2 Å². The van der Waals surface area contributed by atoms with Gasteiger partial charge in [-0.15, -0.1) is 0 Å². The summed E-state index contributed by atoms with van der Waals surface area (Å²) in [5.41, 5.74) is 2.47. The molecule has 2 aromatic carbocycles. The van der Waals surface area contributed by atoms with E-state index in [9.17, 15) is 17.6 Å². The van der Waals surface area contributed by atoms with Gasteiger partial charge in [-0.1, -0.05) is 6.07 Å². The molecule has 6 aromatic rings. The number of amides is 1. The molecule has 4 aromatic heterocycles. The van der Waals surface area contributed by atoms with Crippen LogP contribution in [0.3, 0.4) is 0 Å². The molecule has 1 N–H and O–H groups in total. The number of likely N-dealkylation sites (N-methyl/N-ethyl adjacent to an activating group) is 1. The van der Waals surface area contributed by atoms with Crippen molar-refractivity contribution in [2.75, 3.05) is 67.5 Å². The van der Waals surface area contributed by atoms with E-state index in [1.165, 1.54) is 35.3 Å². The summed E-state index contributed by atoms with van der Waals surface area (Å²) < 4.78 is 77.7. The summed E-state index contributed by atoms with van der Waals surface area (Å²) in [7, 11) is 0.0654. The number of aryl methyl sites for hydroxylation is 1. The maximum Gasteiger partial charge on any atom is 0.245 e. The maximum atomic E-state index is 15.3. The highest BCUT2D eigenvalue weighted by molar-refractivity contribution is 7.90. The van der Waals surface area contributed by atoms with Crippen LogP contribution >= 0.6 is 0 Å². The van der Waals surface area contributed by atoms with Crippen molar-refractivity contribution in [1.29, 1.82) is 0 Å². The van der Waals surface area contributed by atoms with E-state index in [-0.39, 0.29) is 54.0 Å². The van der Waals surface area contributed by atoms with E-state index in [4.69, 9.17) is 19.7 Å². The zero-order chi connectivity index (χ0) is 40.6. The molecule has 3 aliphatic heterocycles. The normalized spacial score (nSPS) is 20.4. The van der Waals surface area contributed by atoms with Crippen LogP contribution in [0, 0.1) is 30.3 Å². The minimum atomic E-state index is -3.23. The molecule has 15 nitrogen and oxygen atoms in total. The van der Waals surface area contributed by atoms with Crippen LogP contribution in [0.2, 0.25) is 0 Å². The molecule has 302 valence electrons. The third-order valence-electron chi connectivity index (χ3n) is 11.1. The highest BCUT2D eigenvalue weighted by atomic mass is 32.2. The molecule has 7 heterocycles. The van der Waals surface area contributed by atoms with Crippen molar-refractivity contribution in [2.45, 2.75) is 38.1 Å². The van der Waals surface area contributed by atoms with Crippen molar-refractivity contribution < 1.29 is 31.1 Å². The molecular formula is C39H40F3N11O4S. The number of fused-ring (bicyclic) bond motifs is 6. The Balaban J connectivity index is 1.15. The van der Waals surface area contributed by atoms with Gasteiger partial charge in [-0.3, -0.25) is 4.79 Å². The van der Waals surface area contributed by atoms with Crippen LogP contribution in [-0.2, 0) is 25.9 Å². The molecule has 19 heteroatoms. The number of sulfone groups is 1. The molecule has 4 bridgehead atoms. The number of aromatic nitrogens is 7. The zero-order valence-electron chi connectivity index (χ0n) is 32.1. The first-order chi connectivity index (χ1) is 27.7. The molecule has 0 aliphatic carbocycles. The minimum Gasteiger partial charge on any atom is -0.378 e. The Morgan fingerprint density at radius 2 is 1.76 bits per heavy atom. The molecule has 9 rings (SSSR count). The summed E-state index contributed by atoms with van der Waals surface area (Å²) in [6, 6.07) is 10.4. The number of rotatable bonds is 6. The van der Waals surface area contributed by atoms with Gasteiger partial charge in [-0.2, -0.15) is 15.1 Å². The number of pyridine rings is 1. The molecule has 3 atom stereocenters. The summed E-state index contributed by atoms with van der Waals surface area (Å²) in [5, 5.41) is 8.40. The zero-order valence-corrected chi connectivity index (χ0v) is 32.9. The second-order valence-corrected chi connectivity index (χ2v) is 17.6. The van der Waals surface area contributed by atoms with Gasteiger partial charge in [0.25, 0.3) is 0 Å². The highest BCUT2D eigenvalue weighted by Crippen LogP contribution is 2.37.